The maximum atomic E-state index is 13.6. The first-order valence-corrected chi connectivity index (χ1v) is 5.15. The second-order valence-electron chi connectivity index (χ2n) is 3.26. The molecule has 1 aromatic carbocycles. The van der Waals surface area contributed by atoms with Gasteiger partial charge in [0.2, 0.25) is 0 Å². The Balaban J connectivity index is 2.91. The highest BCUT2D eigenvalue weighted by Gasteiger charge is 2.16. The zero-order chi connectivity index (χ0) is 13.0. The van der Waals surface area contributed by atoms with E-state index in [1.54, 1.807) is 0 Å². The van der Waals surface area contributed by atoms with Gasteiger partial charge in [0.15, 0.2) is 11.6 Å². The number of hydrogen-bond donors (Lipinski definition) is 3. The van der Waals surface area contributed by atoms with Gasteiger partial charge in [-0.25, -0.2) is 13.6 Å². The molecule has 0 saturated heterocycles. The van der Waals surface area contributed by atoms with Crippen LogP contribution in [0.5, 0.6) is 0 Å². The molecule has 0 heterocycles. The molecule has 0 fully saturated rings. The summed E-state index contributed by atoms with van der Waals surface area (Å²) in [4.78, 5) is 11.2. The maximum Gasteiger partial charge on any atom is 0.319 e. The van der Waals surface area contributed by atoms with Gasteiger partial charge in [0, 0.05) is 17.1 Å². The standard InChI is InChI=1S/C10H11ClF2N2O2/c1-5-6(11)4-7(12)9(8(5)13)15-10(17)14-2-3-16/h4,16H,2-3H2,1H3,(H2,14,15,17). The molecule has 0 radical (unpaired) electrons. The number of aliphatic hydroxyl groups excluding tert-OH is 1. The molecule has 7 heteroatoms. The minimum absolute atomic E-state index is 0.0123. The predicted molar refractivity (Wildman–Crippen MR) is 60.2 cm³/mol. The predicted octanol–water partition coefficient (Wildman–Crippen LogP) is 2.04. The van der Waals surface area contributed by atoms with Gasteiger partial charge >= 0.3 is 6.03 Å². The maximum absolute atomic E-state index is 13.6. The van der Waals surface area contributed by atoms with Gasteiger partial charge in [0.25, 0.3) is 0 Å². The lowest BCUT2D eigenvalue weighted by Gasteiger charge is -2.11. The number of benzene rings is 1. The monoisotopic (exact) mass is 264 g/mol. The lowest BCUT2D eigenvalue weighted by atomic mass is 10.2. The first kappa shape index (κ1) is 13.7. The first-order chi connectivity index (χ1) is 7.97. The molecular weight excluding hydrogens is 254 g/mol. The third-order valence-electron chi connectivity index (χ3n) is 2.04. The second-order valence-corrected chi connectivity index (χ2v) is 3.67. The van der Waals surface area contributed by atoms with Gasteiger partial charge in [-0.2, -0.15) is 0 Å². The van der Waals surface area contributed by atoms with Crippen LogP contribution in [0.4, 0.5) is 19.3 Å². The van der Waals surface area contributed by atoms with Crippen LogP contribution in [0, 0.1) is 18.6 Å². The number of aliphatic hydroxyl groups is 1. The van der Waals surface area contributed by atoms with Crippen molar-refractivity contribution in [3.63, 3.8) is 0 Å². The van der Waals surface area contributed by atoms with Crippen LogP contribution in [0.2, 0.25) is 5.02 Å². The van der Waals surface area contributed by atoms with Gasteiger partial charge in [-0.05, 0) is 13.0 Å². The van der Waals surface area contributed by atoms with Crippen LogP contribution >= 0.6 is 11.6 Å². The number of carbonyl (C=O) groups is 1. The molecule has 0 bridgehead atoms. The number of halogens is 3. The quantitative estimate of drug-likeness (QED) is 0.782. The Morgan fingerprint density at radius 1 is 1.53 bits per heavy atom. The molecule has 0 aromatic heterocycles. The van der Waals surface area contributed by atoms with Crippen molar-refractivity contribution < 1.29 is 18.7 Å². The second kappa shape index (κ2) is 5.79. The summed E-state index contributed by atoms with van der Waals surface area (Å²) < 4.78 is 26.9. The third-order valence-corrected chi connectivity index (χ3v) is 2.43. The van der Waals surface area contributed by atoms with Crippen molar-refractivity contribution >= 4 is 23.3 Å². The van der Waals surface area contributed by atoms with Crippen LogP contribution in [0.25, 0.3) is 0 Å². The van der Waals surface area contributed by atoms with Crippen molar-refractivity contribution in [2.75, 3.05) is 18.5 Å². The summed E-state index contributed by atoms with van der Waals surface area (Å²) in [6.07, 6.45) is 0. The third kappa shape index (κ3) is 3.28. The van der Waals surface area contributed by atoms with E-state index < -0.39 is 23.4 Å². The minimum atomic E-state index is -0.961. The topological polar surface area (TPSA) is 61.4 Å². The van der Waals surface area contributed by atoms with E-state index in [0.29, 0.717) is 0 Å². The van der Waals surface area contributed by atoms with Crippen molar-refractivity contribution in [2.24, 2.45) is 0 Å². The van der Waals surface area contributed by atoms with Crippen LogP contribution in [0.15, 0.2) is 6.07 Å². The summed E-state index contributed by atoms with van der Waals surface area (Å²) in [5, 5.41) is 12.6. The summed E-state index contributed by atoms with van der Waals surface area (Å²) in [6, 6.07) is 0.111. The molecule has 3 N–H and O–H groups in total. The number of amides is 2. The zero-order valence-electron chi connectivity index (χ0n) is 8.98. The van der Waals surface area contributed by atoms with E-state index in [1.807, 2.05) is 5.32 Å². The SMILES string of the molecule is Cc1c(Cl)cc(F)c(NC(=O)NCCO)c1F. The normalized spacial score (nSPS) is 10.2. The van der Waals surface area contributed by atoms with E-state index in [-0.39, 0.29) is 23.7 Å². The summed E-state index contributed by atoms with van der Waals surface area (Å²) in [6.45, 7) is 1.09. The highest BCUT2D eigenvalue weighted by atomic mass is 35.5. The molecule has 0 spiro atoms. The summed E-state index contributed by atoms with van der Waals surface area (Å²) in [5.41, 5.74) is -0.520. The molecule has 4 nitrogen and oxygen atoms in total. The molecule has 0 saturated carbocycles. The zero-order valence-corrected chi connectivity index (χ0v) is 9.74. The molecular formula is C10H11ClF2N2O2. The van der Waals surface area contributed by atoms with Gasteiger partial charge < -0.3 is 15.7 Å². The average Bonchev–Trinajstić information content (AvgIpc) is 2.29. The fraction of sp³-hybridized carbons (Fsp3) is 0.300. The fourth-order valence-electron chi connectivity index (χ4n) is 1.13. The van der Waals surface area contributed by atoms with Crippen LogP contribution in [-0.2, 0) is 0 Å². The first-order valence-electron chi connectivity index (χ1n) is 4.77. The Hall–Kier alpha value is -1.40. The Morgan fingerprint density at radius 2 is 2.18 bits per heavy atom. The highest BCUT2D eigenvalue weighted by Crippen LogP contribution is 2.27. The molecule has 17 heavy (non-hydrogen) atoms. The van der Waals surface area contributed by atoms with Crippen LogP contribution in [0.3, 0.4) is 0 Å². The van der Waals surface area contributed by atoms with Crippen LogP contribution < -0.4 is 10.6 Å². The minimum Gasteiger partial charge on any atom is -0.395 e. The number of carbonyl (C=O) groups excluding carboxylic acids is 1. The molecule has 0 aliphatic heterocycles. The lowest BCUT2D eigenvalue weighted by Crippen LogP contribution is -2.31. The lowest BCUT2D eigenvalue weighted by molar-refractivity contribution is 0.244. The molecule has 0 unspecified atom stereocenters. The number of nitrogens with one attached hydrogen (secondary N) is 2. The smallest absolute Gasteiger partial charge is 0.319 e. The van der Waals surface area contributed by atoms with Gasteiger partial charge in [-0.3, -0.25) is 0 Å². The fourth-order valence-corrected chi connectivity index (χ4v) is 1.31. The molecule has 0 atom stereocenters. The van der Waals surface area contributed by atoms with E-state index in [4.69, 9.17) is 16.7 Å². The molecule has 0 aliphatic carbocycles. The van der Waals surface area contributed by atoms with E-state index in [9.17, 15) is 13.6 Å². The summed E-state index contributed by atoms with van der Waals surface area (Å²) in [7, 11) is 0. The largest absolute Gasteiger partial charge is 0.395 e. The van der Waals surface area contributed by atoms with Crippen molar-refractivity contribution in [2.45, 2.75) is 6.92 Å². The van der Waals surface area contributed by atoms with Crippen LogP contribution in [-0.4, -0.2) is 24.3 Å². The Labute approximate surface area is 102 Å². The number of hydrogen-bond acceptors (Lipinski definition) is 2. The highest BCUT2D eigenvalue weighted by molar-refractivity contribution is 6.31. The summed E-state index contributed by atoms with van der Waals surface area (Å²) in [5.74, 6) is -1.88. The van der Waals surface area contributed by atoms with E-state index in [0.717, 1.165) is 6.07 Å². The van der Waals surface area contributed by atoms with Crippen molar-refractivity contribution in [1.82, 2.24) is 5.32 Å². The molecule has 1 aromatic rings. The van der Waals surface area contributed by atoms with E-state index >= 15 is 0 Å². The Morgan fingerprint density at radius 3 is 2.76 bits per heavy atom. The molecule has 1 rings (SSSR count). The summed E-state index contributed by atoms with van der Waals surface area (Å²) >= 11 is 5.57. The van der Waals surface area contributed by atoms with Crippen molar-refractivity contribution in [3.05, 3.63) is 28.3 Å². The van der Waals surface area contributed by atoms with Gasteiger partial charge in [-0.15, -0.1) is 0 Å². The molecule has 2 amide bonds. The number of anilines is 1. The van der Waals surface area contributed by atoms with Gasteiger partial charge in [0.1, 0.15) is 5.69 Å². The number of urea groups is 1. The van der Waals surface area contributed by atoms with E-state index in [2.05, 4.69) is 5.32 Å². The Kier molecular flexibility index (Phi) is 4.65. The van der Waals surface area contributed by atoms with Gasteiger partial charge in [-0.1, -0.05) is 11.6 Å². The van der Waals surface area contributed by atoms with Gasteiger partial charge in [0.05, 0.1) is 6.61 Å². The molecule has 0 aliphatic rings. The van der Waals surface area contributed by atoms with Crippen molar-refractivity contribution in [3.8, 4) is 0 Å². The van der Waals surface area contributed by atoms with Crippen molar-refractivity contribution in [1.29, 1.82) is 0 Å². The average molecular weight is 265 g/mol. The molecule has 94 valence electrons. The van der Waals surface area contributed by atoms with Crippen LogP contribution in [0.1, 0.15) is 5.56 Å². The van der Waals surface area contributed by atoms with E-state index in [1.165, 1.54) is 6.92 Å². The number of rotatable bonds is 3. The Bertz CT molecular complexity index is 441.